The summed E-state index contributed by atoms with van der Waals surface area (Å²) in [5.74, 6) is 0.974. The van der Waals surface area contributed by atoms with Crippen molar-refractivity contribution in [3.8, 4) is 11.5 Å². The van der Waals surface area contributed by atoms with Crippen molar-refractivity contribution in [1.82, 2.24) is 10.3 Å². The SMILES string of the molecule is COc1cncc(OC)c1C(CN)NC(=O)OC(C)(C)C. The van der Waals surface area contributed by atoms with Crippen molar-refractivity contribution in [3.05, 3.63) is 18.0 Å². The predicted octanol–water partition coefficient (Wildman–Crippen LogP) is 1.62. The van der Waals surface area contributed by atoms with E-state index in [4.69, 9.17) is 19.9 Å². The van der Waals surface area contributed by atoms with Gasteiger partial charge in [0.15, 0.2) is 0 Å². The highest BCUT2D eigenvalue weighted by atomic mass is 16.6. The van der Waals surface area contributed by atoms with Gasteiger partial charge in [0.2, 0.25) is 0 Å². The Morgan fingerprint density at radius 1 is 1.29 bits per heavy atom. The number of nitrogens with one attached hydrogen (secondary N) is 1. The Bertz CT molecular complexity index is 463. The van der Waals surface area contributed by atoms with Crippen molar-refractivity contribution in [2.24, 2.45) is 5.73 Å². The van der Waals surface area contributed by atoms with E-state index in [1.165, 1.54) is 26.6 Å². The molecule has 0 radical (unpaired) electrons. The maximum Gasteiger partial charge on any atom is 0.408 e. The fourth-order valence-corrected chi connectivity index (χ4v) is 1.80. The molecule has 1 aromatic rings. The zero-order valence-corrected chi connectivity index (χ0v) is 13.1. The van der Waals surface area contributed by atoms with Gasteiger partial charge in [0.05, 0.1) is 38.2 Å². The number of hydrogen-bond donors (Lipinski definition) is 2. The van der Waals surface area contributed by atoms with Crippen LogP contribution < -0.4 is 20.5 Å². The van der Waals surface area contributed by atoms with Crippen LogP contribution in [0.15, 0.2) is 12.4 Å². The van der Waals surface area contributed by atoms with Gasteiger partial charge in [-0.25, -0.2) is 4.79 Å². The van der Waals surface area contributed by atoms with E-state index >= 15 is 0 Å². The van der Waals surface area contributed by atoms with Crippen LogP contribution in [0.1, 0.15) is 32.4 Å². The molecule has 0 aliphatic carbocycles. The third-order valence-electron chi connectivity index (χ3n) is 2.63. The lowest BCUT2D eigenvalue weighted by atomic mass is 10.1. The molecule has 1 amide bonds. The molecule has 1 aromatic heterocycles. The van der Waals surface area contributed by atoms with Crippen molar-refractivity contribution < 1.29 is 19.0 Å². The van der Waals surface area contributed by atoms with E-state index in [9.17, 15) is 4.79 Å². The highest BCUT2D eigenvalue weighted by Crippen LogP contribution is 2.32. The number of nitrogens with zero attached hydrogens (tertiary/aromatic N) is 1. The molecule has 0 spiro atoms. The van der Waals surface area contributed by atoms with Gasteiger partial charge in [-0.2, -0.15) is 0 Å². The van der Waals surface area contributed by atoms with Crippen molar-refractivity contribution in [3.63, 3.8) is 0 Å². The Morgan fingerprint density at radius 3 is 2.19 bits per heavy atom. The normalized spacial score (nSPS) is 12.5. The van der Waals surface area contributed by atoms with Crippen molar-refractivity contribution in [1.29, 1.82) is 0 Å². The van der Waals surface area contributed by atoms with E-state index < -0.39 is 17.7 Å². The van der Waals surface area contributed by atoms with Crippen LogP contribution in [0, 0.1) is 0 Å². The number of rotatable bonds is 5. The van der Waals surface area contributed by atoms with Gasteiger partial charge in [-0.3, -0.25) is 4.98 Å². The first-order valence-corrected chi connectivity index (χ1v) is 6.57. The number of methoxy groups -OCH3 is 2. The molecule has 0 bridgehead atoms. The molecule has 0 aliphatic heterocycles. The Balaban J connectivity index is 3.02. The minimum absolute atomic E-state index is 0.163. The topological polar surface area (TPSA) is 95.7 Å². The zero-order chi connectivity index (χ0) is 16.0. The number of alkyl carbamates (subject to hydrolysis) is 1. The summed E-state index contributed by atoms with van der Waals surface area (Å²) in [5, 5.41) is 2.72. The molecule has 7 heteroatoms. The summed E-state index contributed by atoms with van der Waals surface area (Å²) < 4.78 is 15.8. The molecular formula is C14H23N3O4. The van der Waals surface area contributed by atoms with Crippen LogP contribution in [0.3, 0.4) is 0 Å². The molecule has 3 N–H and O–H groups in total. The van der Waals surface area contributed by atoms with E-state index in [0.29, 0.717) is 17.1 Å². The van der Waals surface area contributed by atoms with Crippen LogP contribution >= 0.6 is 0 Å². The Hall–Kier alpha value is -2.02. The molecule has 0 aromatic carbocycles. The lowest BCUT2D eigenvalue weighted by Gasteiger charge is -2.24. The lowest BCUT2D eigenvalue weighted by Crippen LogP contribution is -2.38. The maximum absolute atomic E-state index is 11.9. The fraction of sp³-hybridized carbons (Fsp3) is 0.571. The number of ether oxygens (including phenoxy) is 3. The van der Waals surface area contributed by atoms with E-state index in [0.717, 1.165) is 0 Å². The smallest absolute Gasteiger partial charge is 0.408 e. The highest BCUT2D eigenvalue weighted by Gasteiger charge is 2.24. The number of carbonyl (C=O) groups is 1. The van der Waals surface area contributed by atoms with Gasteiger partial charge in [0.25, 0.3) is 0 Å². The molecule has 21 heavy (non-hydrogen) atoms. The van der Waals surface area contributed by atoms with Crippen molar-refractivity contribution in [2.75, 3.05) is 20.8 Å². The quantitative estimate of drug-likeness (QED) is 0.857. The standard InChI is InChI=1S/C14H23N3O4/c1-14(2,3)21-13(18)17-9(6-15)12-10(19-4)7-16-8-11(12)20-5/h7-9H,6,15H2,1-5H3,(H,17,18). The number of nitrogens with two attached hydrogens (primary N) is 1. The number of aromatic nitrogens is 1. The van der Waals surface area contributed by atoms with Gasteiger partial charge in [-0.05, 0) is 20.8 Å². The number of pyridine rings is 1. The van der Waals surface area contributed by atoms with Crippen LogP contribution in [0.2, 0.25) is 0 Å². The molecule has 1 rings (SSSR count). The first-order chi connectivity index (χ1) is 9.82. The molecule has 1 unspecified atom stereocenters. The summed E-state index contributed by atoms with van der Waals surface area (Å²) in [6.07, 6.45) is 2.52. The van der Waals surface area contributed by atoms with E-state index in [2.05, 4.69) is 10.3 Å². The summed E-state index contributed by atoms with van der Waals surface area (Å²) in [4.78, 5) is 15.9. The lowest BCUT2D eigenvalue weighted by molar-refractivity contribution is 0.0504. The number of hydrogen-bond acceptors (Lipinski definition) is 6. The van der Waals surface area contributed by atoms with Gasteiger partial charge in [-0.15, -0.1) is 0 Å². The molecule has 1 atom stereocenters. The van der Waals surface area contributed by atoms with Gasteiger partial charge < -0.3 is 25.3 Å². The molecule has 0 fully saturated rings. The second-order valence-electron chi connectivity index (χ2n) is 5.39. The van der Waals surface area contributed by atoms with Crippen LogP contribution in [-0.2, 0) is 4.74 Å². The molecule has 118 valence electrons. The minimum atomic E-state index is -0.588. The van der Waals surface area contributed by atoms with Gasteiger partial charge in [-0.1, -0.05) is 0 Å². The first-order valence-electron chi connectivity index (χ1n) is 6.57. The fourth-order valence-electron chi connectivity index (χ4n) is 1.80. The molecule has 0 saturated carbocycles. The van der Waals surface area contributed by atoms with Crippen LogP contribution in [0.25, 0.3) is 0 Å². The van der Waals surface area contributed by atoms with Crippen LogP contribution in [-0.4, -0.2) is 37.4 Å². The number of amides is 1. The maximum atomic E-state index is 11.9. The number of carbonyl (C=O) groups excluding carboxylic acids is 1. The van der Waals surface area contributed by atoms with Gasteiger partial charge >= 0.3 is 6.09 Å². The second kappa shape index (κ2) is 7.12. The highest BCUT2D eigenvalue weighted by molar-refractivity contribution is 5.69. The molecule has 0 aliphatic rings. The molecule has 7 nitrogen and oxygen atoms in total. The van der Waals surface area contributed by atoms with Crippen molar-refractivity contribution in [2.45, 2.75) is 32.4 Å². The summed E-state index contributed by atoms with van der Waals surface area (Å²) in [7, 11) is 3.03. The monoisotopic (exact) mass is 297 g/mol. The summed E-state index contributed by atoms with van der Waals surface area (Å²) in [5.41, 5.74) is 5.80. The minimum Gasteiger partial charge on any atom is -0.495 e. The van der Waals surface area contributed by atoms with Crippen LogP contribution in [0.5, 0.6) is 11.5 Å². The van der Waals surface area contributed by atoms with E-state index in [-0.39, 0.29) is 6.54 Å². The molecular weight excluding hydrogens is 274 g/mol. The largest absolute Gasteiger partial charge is 0.495 e. The van der Waals surface area contributed by atoms with E-state index in [1.54, 1.807) is 20.8 Å². The summed E-state index contributed by atoms with van der Waals surface area (Å²) >= 11 is 0. The Kier molecular flexibility index (Phi) is 5.78. The van der Waals surface area contributed by atoms with Gasteiger partial charge in [0.1, 0.15) is 17.1 Å². The zero-order valence-electron chi connectivity index (χ0n) is 13.1. The van der Waals surface area contributed by atoms with Crippen molar-refractivity contribution >= 4 is 6.09 Å². The third-order valence-corrected chi connectivity index (χ3v) is 2.63. The Labute approximate surface area is 124 Å². The van der Waals surface area contributed by atoms with Gasteiger partial charge in [0, 0.05) is 6.54 Å². The van der Waals surface area contributed by atoms with E-state index in [1.807, 2.05) is 0 Å². The summed E-state index contributed by atoms with van der Waals surface area (Å²) in [6, 6.07) is -0.507. The molecule has 1 heterocycles. The van der Waals surface area contributed by atoms with Crippen LogP contribution in [0.4, 0.5) is 4.79 Å². The summed E-state index contributed by atoms with van der Waals surface area (Å²) in [6.45, 7) is 5.53. The first kappa shape index (κ1) is 17.0. The predicted molar refractivity (Wildman–Crippen MR) is 78.5 cm³/mol. The average molecular weight is 297 g/mol. The second-order valence-corrected chi connectivity index (χ2v) is 5.39. The third kappa shape index (κ3) is 4.78. The Morgan fingerprint density at radius 2 is 1.81 bits per heavy atom. The average Bonchev–Trinajstić information content (AvgIpc) is 2.42. The molecule has 0 saturated heterocycles.